The summed E-state index contributed by atoms with van der Waals surface area (Å²) in [4.78, 5) is 11.6. The van der Waals surface area contributed by atoms with Crippen molar-refractivity contribution in [3.63, 3.8) is 0 Å². The second kappa shape index (κ2) is 11.4. The highest BCUT2D eigenvalue weighted by Crippen LogP contribution is 2.21. The average Bonchev–Trinajstić information content (AvgIpc) is 3.04. The van der Waals surface area contributed by atoms with Gasteiger partial charge in [-0.1, -0.05) is 18.5 Å². The molecule has 2 aromatic rings. The molecule has 0 bridgehead atoms. The van der Waals surface area contributed by atoms with Gasteiger partial charge in [0, 0.05) is 47.5 Å². The zero-order valence-electron chi connectivity index (χ0n) is 15.0. The van der Waals surface area contributed by atoms with Crippen molar-refractivity contribution in [1.82, 2.24) is 25.6 Å². The van der Waals surface area contributed by atoms with Crippen LogP contribution >= 0.6 is 35.1 Å². The predicted octanol–water partition coefficient (Wildman–Crippen LogP) is 3.44. The zero-order chi connectivity index (χ0) is 18.8. The third kappa shape index (κ3) is 7.47. The van der Waals surface area contributed by atoms with Crippen molar-refractivity contribution in [3.05, 3.63) is 46.8 Å². The molecule has 26 heavy (non-hydrogen) atoms. The van der Waals surface area contributed by atoms with E-state index in [-0.39, 0.29) is 0 Å². The van der Waals surface area contributed by atoms with Crippen molar-refractivity contribution < 1.29 is 0 Å². The number of aryl methyl sites for hydroxylation is 1. The number of imidazole rings is 1. The van der Waals surface area contributed by atoms with Crippen LogP contribution in [0.2, 0.25) is 5.02 Å². The molecule has 9 heteroatoms. The van der Waals surface area contributed by atoms with Crippen molar-refractivity contribution in [2.24, 2.45) is 0 Å². The van der Waals surface area contributed by atoms with Gasteiger partial charge in [-0.3, -0.25) is 10.4 Å². The summed E-state index contributed by atoms with van der Waals surface area (Å²) < 4.78 is 0. The Hall–Kier alpha value is -1.38. The molecule has 0 fully saturated rings. The maximum Gasteiger partial charge on any atom is 0.188 e. The number of aromatic nitrogens is 3. The standard InChI is InChI=1S/C17H25ClN6S2/c1-12(26-10-16-14(18)4-3-5-20-16)8-22-17(19)21-6-7-25-9-15-13(2)23-11-24-15/h3-5,11-12H,6-10H2,1-2H3,(H,23,24)(H3,19,21,22). The van der Waals surface area contributed by atoms with E-state index < -0.39 is 0 Å². The first-order valence-electron chi connectivity index (χ1n) is 8.40. The molecule has 0 aliphatic heterocycles. The van der Waals surface area contributed by atoms with Gasteiger partial charge in [0.05, 0.1) is 22.7 Å². The predicted molar refractivity (Wildman–Crippen MR) is 113 cm³/mol. The molecule has 0 aromatic carbocycles. The Morgan fingerprint density at radius 3 is 2.92 bits per heavy atom. The van der Waals surface area contributed by atoms with Gasteiger partial charge in [-0.2, -0.15) is 23.5 Å². The average molecular weight is 413 g/mol. The highest BCUT2D eigenvalue weighted by Gasteiger charge is 2.07. The lowest BCUT2D eigenvalue weighted by molar-refractivity contribution is 0.801. The fraction of sp³-hybridized carbons (Fsp3) is 0.471. The van der Waals surface area contributed by atoms with Gasteiger partial charge in [-0.25, -0.2) is 4.98 Å². The highest BCUT2D eigenvalue weighted by molar-refractivity contribution is 7.99. The summed E-state index contributed by atoms with van der Waals surface area (Å²) in [5.74, 6) is 2.99. The third-order valence-corrected chi connectivity index (χ3v) is 6.14. The maximum absolute atomic E-state index is 7.93. The minimum absolute atomic E-state index is 0.355. The molecule has 2 aromatic heterocycles. The minimum Gasteiger partial charge on any atom is -0.356 e. The van der Waals surface area contributed by atoms with E-state index in [0.29, 0.717) is 16.2 Å². The lowest BCUT2D eigenvalue weighted by Crippen LogP contribution is -2.40. The molecule has 1 unspecified atom stereocenters. The molecule has 0 saturated carbocycles. The first kappa shape index (κ1) is 20.9. The van der Waals surface area contributed by atoms with Gasteiger partial charge in [-0.05, 0) is 19.1 Å². The minimum atomic E-state index is 0.355. The van der Waals surface area contributed by atoms with Crippen LogP contribution < -0.4 is 10.6 Å². The monoisotopic (exact) mass is 412 g/mol. The normalized spacial score (nSPS) is 12.0. The summed E-state index contributed by atoms with van der Waals surface area (Å²) in [7, 11) is 0. The summed E-state index contributed by atoms with van der Waals surface area (Å²) >= 11 is 9.70. The van der Waals surface area contributed by atoms with Crippen molar-refractivity contribution in [1.29, 1.82) is 5.41 Å². The van der Waals surface area contributed by atoms with E-state index in [4.69, 9.17) is 17.0 Å². The van der Waals surface area contributed by atoms with Gasteiger partial charge in [0.1, 0.15) is 0 Å². The van der Waals surface area contributed by atoms with Crippen LogP contribution in [-0.4, -0.2) is 45.0 Å². The number of pyridine rings is 1. The molecule has 6 nitrogen and oxygen atoms in total. The molecule has 0 radical (unpaired) electrons. The van der Waals surface area contributed by atoms with E-state index in [1.807, 2.05) is 30.8 Å². The van der Waals surface area contributed by atoms with Crippen LogP contribution in [0.5, 0.6) is 0 Å². The number of aromatic amines is 1. The second-order valence-electron chi connectivity index (χ2n) is 5.76. The maximum atomic E-state index is 7.93. The van der Waals surface area contributed by atoms with Gasteiger partial charge in [0.25, 0.3) is 0 Å². The van der Waals surface area contributed by atoms with Crippen LogP contribution in [0.4, 0.5) is 0 Å². The van der Waals surface area contributed by atoms with Crippen LogP contribution in [0, 0.1) is 12.3 Å². The zero-order valence-corrected chi connectivity index (χ0v) is 17.4. The number of rotatable bonds is 10. The molecule has 2 heterocycles. The van der Waals surface area contributed by atoms with E-state index >= 15 is 0 Å². The molecule has 1 atom stereocenters. The van der Waals surface area contributed by atoms with Gasteiger partial charge < -0.3 is 15.6 Å². The fourth-order valence-electron chi connectivity index (χ4n) is 2.07. The Kier molecular flexibility index (Phi) is 9.14. The van der Waals surface area contributed by atoms with E-state index in [0.717, 1.165) is 41.7 Å². The molecule has 4 N–H and O–H groups in total. The molecule has 142 valence electrons. The van der Waals surface area contributed by atoms with Gasteiger partial charge >= 0.3 is 0 Å². The lowest BCUT2D eigenvalue weighted by Gasteiger charge is -2.15. The Labute approximate surface area is 168 Å². The fourth-order valence-corrected chi connectivity index (χ4v) is 4.10. The lowest BCUT2D eigenvalue weighted by atomic mass is 10.4. The van der Waals surface area contributed by atoms with E-state index in [1.54, 1.807) is 24.3 Å². The Balaban J connectivity index is 1.52. The largest absolute Gasteiger partial charge is 0.356 e. The number of thioether (sulfide) groups is 2. The molecule has 0 amide bonds. The van der Waals surface area contributed by atoms with E-state index in [2.05, 4.69) is 32.5 Å². The molecule has 0 saturated heterocycles. The van der Waals surface area contributed by atoms with Gasteiger partial charge in [0.15, 0.2) is 5.96 Å². The summed E-state index contributed by atoms with van der Waals surface area (Å²) in [6.45, 7) is 5.62. The van der Waals surface area contributed by atoms with Crippen molar-refractivity contribution in [3.8, 4) is 0 Å². The van der Waals surface area contributed by atoms with Gasteiger partial charge in [0.2, 0.25) is 0 Å². The number of hydrogen-bond acceptors (Lipinski definition) is 5. The van der Waals surface area contributed by atoms with Crippen LogP contribution in [0.1, 0.15) is 24.0 Å². The summed E-state index contributed by atoms with van der Waals surface area (Å²) in [6, 6.07) is 3.70. The molecular formula is C17H25ClN6S2. The Morgan fingerprint density at radius 1 is 1.35 bits per heavy atom. The smallest absolute Gasteiger partial charge is 0.188 e. The molecule has 2 rings (SSSR count). The molecular weight excluding hydrogens is 388 g/mol. The van der Waals surface area contributed by atoms with Gasteiger partial charge in [-0.15, -0.1) is 0 Å². The molecule has 0 aliphatic carbocycles. The summed E-state index contributed by atoms with van der Waals surface area (Å²) in [6.07, 6.45) is 3.49. The van der Waals surface area contributed by atoms with E-state index in [9.17, 15) is 0 Å². The van der Waals surface area contributed by atoms with Crippen LogP contribution in [0.25, 0.3) is 0 Å². The van der Waals surface area contributed by atoms with Crippen molar-refractivity contribution >= 4 is 41.1 Å². The Morgan fingerprint density at radius 2 is 2.19 bits per heavy atom. The summed E-state index contributed by atoms with van der Waals surface area (Å²) in [5.41, 5.74) is 3.13. The van der Waals surface area contributed by atoms with Crippen molar-refractivity contribution in [2.75, 3.05) is 18.8 Å². The molecule has 0 spiro atoms. The second-order valence-corrected chi connectivity index (χ2v) is 8.69. The number of halogens is 1. The quantitative estimate of drug-likeness (QED) is 0.271. The first-order valence-corrected chi connectivity index (χ1v) is 11.0. The van der Waals surface area contributed by atoms with Crippen LogP contribution in [-0.2, 0) is 11.5 Å². The number of nitrogens with one attached hydrogen (secondary N) is 4. The highest BCUT2D eigenvalue weighted by atomic mass is 35.5. The Bertz CT molecular complexity index is 693. The van der Waals surface area contributed by atoms with Crippen molar-refractivity contribution in [2.45, 2.75) is 30.6 Å². The van der Waals surface area contributed by atoms with Crippen LogP contribution in [0.15, 0.2) is 24.7 Å². The number of hydrogen-bond donors (Lipinski definition) is 4. The van der Waals surface area contributed by atoms with E-state index in [1.165, 1.54) is 5.69 Å². The first-order chi connectivity index (χ1) is 12.6. The number of H-pyrrole nitrogens is 1. The number of guanidine groups is 1. The molecule has 0 aliphatic rings. The topological polar surface area (TPSA) is 89.5 Å². The summed E-state index contributed by atoms with van der Waals surface area (Å²) in [5, 5.41) is 15.2. The van der Waals surface area contributed by atoms with Crippen LogP contribution in [0.3, 0.4) is 0 Å². The third-order valence-electron chi connectivity index (χ3n) is 3.63. The SMILES string of the molecule is Cc1nc[nH]c1CSCCNC(=N)NCC(C)SCc1ncccc1Cl. The number of nitrogens with zero attached hydrogens (tertiary/aromatic N) is 2.